The molecule has 134 valence electrons. The zero-order valence-corrected chi connectivity index (χ0v) is 14.7. The first kappa shape index (κ1) is 16.5. The van der Waals surface area contributed by atoms with Crippen LogP contribution < -0.4 is 0 Å². The van der Waals surface area contributed by atoms with E-state index in [9.17, 15) is 4.79 Å². The molecule has 4 heterocycles. The van der Waals surface area contributed by atoms with E-state index in [2.05, 4.69) is 19.8 Å². The van der Waals surface area contributed by atoms with Crippen molar-refractivity contribution in [2.75, 3.05) is 39.4 Å². The van der Waals surface area contributed by atoms with Gasteiger partial charge in [-0.2, -0.15) is 0 Å². The highest BCUT2D eigenvalue weighted by Gasteiger charge is 2.32. The molecule has 2 aliphatic rings. The standard InChI is InChI=1S/C18H25N5O2/c1-14-16(23-8-4-6-19-18(23)20-14)17(24)22-7-3-2-5-15(22)13-21-9-11-25-12-10-21/h4,6,8,15H,2-3,5,7,9-13H2,1H3/t15-/m0/s1. The average Bonchev–Trinajstić information content (AvgIpc) is 2.98. The van der Waals surface area contributed by atoms with Crippen LogP contribution in [-0.4, -0.2) is 75.5 Å². The Labute approximate surface area is 147 Å². The number of aryl methyl sites for hydroxylation is 1. The zero-order valence-electron chi connectivity index (χ0n) is 14.7. The lowest BCUT2D eigenvalue weighted by molar-refractivity contribution is 0.0164. The normalized spacial score (nSPS) is 22.4. The van der Waals surface area contributed by atoms with Crippen molar-refractivity contribution in [1.29, 1.82) is 0 Å². The fraction of sp³-hybridized carbons (Fsp3) is 0.611. The van der Waals surface area contributed by atoms with E-state index >= 15 is 0 Å². The number of aromatic nitrogens is 3. The molecule has 2 aromatic rings. The van der Waals surface area contributed by atoms with Crippen LogP contribution in [0.1, 0.15) is 35.4 Å². The van der Waals surface area contributed by atoms with Gasteiger partial charge in [-0.25, -0.2) is 9.97 Å². The molecule has 1 amide bonds. The summed E-state index contributed by atoms with van der Waals surface area (Å²) in [6.07, 6.45) is 6.90. The van der Waals surface area contributed by atoms with E-state index in [4.69, 9.17) is 4.74 Å². The highest BCUT2D eigenvalue weighted by atomic mass is 16.5. The van der Waals surface area contributed by atoms with Gasteiger partial charge in [0.1, 0.15) is 5.69 Å². The summed E-state index contributed by atoms with van der Waals surface area (Å²) in [6, 6.07) is 2.10. The first-order chi connectivity index (χ1) is 12.2. The van der Waals surface area contributed by atoms with E-state index in [1.54, 1.807) is 6.20 Å². The molecular formula is C18H25N5O2. The molecular weight excluding hydrogens is 318 g/mol. The van der Waals surface area contributed by atoms with Crippen molar-refractivity contribution in [2.24, 2.45) is 0 Å². The van der Waals surface area contributed by atoms with Gasteiger partial charge in [0.15, 0.2) is 0 Å². The molecule has 2 aliphatic heterocycles. The van der Waals surface area contributed by atoms with Crippen molar-refractivity contribution >= 4 is 11.7 Å². The second-order valence-electron chi connectivity index (χ2n) is 6.90. The van der Waals surface area contributed by atoms with Gasteiger partial charge >= 0.3 is 0 Å². The van der Waals surface area contributed by atoms with Gasteiger partial charge in [-0.1, -0.05) is 0 Å². The highest BCUT2D eigenvalue weighted by molar-refractivity contribution is 5.94. The van der Waals surface area contributed by atoms with Gasteiger partial charge in [0.25, 0.3) is 5.91 Å². The Hall–Kier alpha value is -1.99. The molecule has 0 radical (unpaired) electrons. The number of carbonyl (C=O) groups excluding carboxylic acids is 1. The predicted molar refractivity (Wildman–Crippen MR) is 93.7 cm³/mol. The average molecular weight is 343 g/mol. The lowest BCUT2D eigenvalue weighted by atomic mass is 10.0. The van der Waals surface area contributed by atoms with Crippen molar-refractivity contribution in [1.82, 2.24) is 24.2 Å². The van der Waals surface area contributed by atoms with Crippen molar-refractivity contribution in [2.45, 2.75) is 32.2 Å². The molecule has 0 saturated carbocycles. The molecule has 7 nitrogen and oxygen atoms in total. The van der Waals surface area contributed by atoms with Crippen LogP contribution in [0.2, 0.25) is 0 Å². The van der Waals surface area contributed by atoms with Crippen LogP contribution in [0.25, 0.3) is 5.78 Å². The van der Waals surface area contributed by atoms with E-state index in [1.807, 2.05) is 23.6 Å². The number of likely N-dealkylation sites (tertiary alicyclic amines) is 1. The smallest absolute Gasteiger partial charge is 0.273 e. The van der Waals surface area contributed by atoms with Gasteiger partial charge in [0, 0.05) is 44.6 Å². The van der Waals surface area contributed by atoms with Gasteiger partial charge in [0.05, 0.1) is 18.9 Å². The number of carbonyl (C=O) groups is 1. The molecule has 4 rings (SSSR count). The monoisotopic (exact) mass is 343 g/mol. The summed E-state index contributed by atoms with van der Waals surface area (Å²) in [7, 11) is 0. The van der Waals surface area contributed by atoms with Gasteiger partial charge in [-0.05, 0) is 32.3 Å². The Morgan fingerprint density at radius 2 is 2.12 bits per heavy atom. The first-order valence-electron chi connectivity index (χ1n) is 9.15. The Morgan fingerprint density at radius 1 is 1.28 bits per heavy atom. The molecule has 0 spiro atoms. The summed E-state index contributed by atoms with van der Waals surface area (Å²) >= 11 is 0. The molecule has 0 bridgehead atoms. The maximum atomic E-state index is 13.3. The Morgan fingerprint density at radius 3 is 2.96 bits per heavy atom. The second-order valence-corrected chi connectivity index (χ2v) is 6.90. The van der Waals surface area contributed by atoms with Gasteiger partial charge < -0.3 is 9.64 Å². The summed E-state index contributed by atoms with van der Waals surface area (Å²) < 4.78 is 7.26. The van der Waals surface area contributed by atoms with Crippen LogP contribution in [0.4, 0.5) is 0 Å². The van der Waals surface area contributed by atoms with Gasteiger partial charge in [0.2, 0.25) is 5.78 Å². The zero-order chi connectivity index (χ0) is 17.2. The van der Waals surface area contributed by atoms with E-state index in [1.165, 1.54) is 6.42 Å². The van der Waals surface area contributed by atoms with Crippen LogP contribution in [0, 0.1) is 6.92 Å². The third-order valence-electron chi connectivity index (χ3n) is 5.24. The Bertz CT molecular complexity index is 753. The molecule has 0 aliphatic carbocycles. The fourth-order valence-electron chi connectivity index (χ4n) is 3.93. The Kier molecular flexibility index (Phi) is 4.67. The molecule has 0 N–H and O–H groups in total. The quantitative estimate of drug-likeness (QED) is 0.842. The Balaban J connectivity index is 1.58. The van der Waals surface area contributed by atoms with Crippen molar-refractivity contribution < 1.29 is 9.53 Å². The maximum Gasteiger partial charge on any atom is 0.273 e. The topological polar surface area (TPSA) is 63.0 Å². The molecule has 1 atom stereocenters. The van der Waals surface area contributed by atoms with Crippen LogP contribution >= 0.6 is 0 Å². The highest BCUT2D eigenvalue weighted by Crippen LogP contribution is 2.22. The van der Waals surface area contributed by atoms with Crippen LogP contribution in [0.3, 0.4) is 0 Å². The molecule has 0 unspecified atom stereocenters. The summed E-state index contributed by atoms with van der Waals surface area (Å²) in [5.41, 5.74) is 1.40. The number of hydrogen-bond donors (Lipinski definition) is 0. The summed E-state index contributed by atoms with van der Waals surface area (Å²) in [5, 5.41) is 0. The minimum absolute atomic E-state index is 0.0796. The molecule has 2 saturated heterocycles. The number of morpholine rings is 1. The lowest BCUT2D eigenvalue weighted by Crippen LogP contribution is -2.51. The molecule has 7 heteroatoms. The maximum absolute atomic E-state index is 13.3. The number of hydrogen-bond acceptors (Lipinski definition) is 5. The minimum Gasteiger partial charge on any atom is -0.379 e. The number of ether oxygens (including phenoxy) is 1. The van der Waals surface area contributed by atoms with Gasteiger partial charge in [-0.15, -0.1) is 0 Å². The summed E-state index contributed by atoms with van der Waals surface area (Å²) in [4.78, 5) is 26.5. The number of rotatable bonds is 3. The summed E-state index contributed by atoms with van der Waals surface area (Å²) in [6.45, 7) is 7.14. The summed E-state index contributed by atoms with van der Waals surface area (Å²) in [5.74, 6) is 0.668. The third-order valence-corrected chi connectivity index (χ3v) is 5.24. The first-order valence-corrected chi connectivity index (χ1v) is 9.15. The third kappa shape index (κ3) is 3.26. The van der Waals surface area contributed by atoms with Crippen molar-refractivity contribution in [3.05, 3.63) is 29.8 Å². The molecule has 2 aromatic heterocycles. The predicted octanol–water partition coefficient (Wildman–Crippen LogP) is 1.36. The molecule has 25 heavy (non-hydrogen) atoms. The van der Waals surface area contributed by atoms with E-state index in [0.29, 0.717) is 11.5 Å². The van der Waals surface area contributed by atoms with Crippen molar-refractivity contribution in [3.63, 3.8) is 0 Å². The van der Waals surface area contributed by atoms with Crippen LogP contribution in [0.15, 0.2) is 18.5 Å². The number of fused-ring (bicyclic) bond motifs is 1. The van der Waals surface area contributed by atoms with Crippen molar-refractivity contribution in [3.8, 4) is 0 Å². The molecule has 2 fully saturated rings. The van der Waals surface area contributed by atoms with E-state index in [-0.39, 0.29) is 11.9 Å². The van der Waals surface area contributed by atoms with E-state index < -0.39 is 0 Å². The lowest BCUT2D eigenvalue weighted by Gasteiger charge is -2.39. The number of nitrogens with zero attached hydrogens (tertiary/aromatic N) is 5. The molecule has 0 aromatic carbocycles. The minimum atomic E-state index is 0.0796. The van der Waals surface area contributed by atoms with E-state index in [0.717, 1.165) is 57.9 Å². The van der Waals surface area contributed by atoms with Crippen LogP contribution in [-0.2, 0) is 4.74 Å². The fourth-order valence-corrected chi connectivity index (χ4v) is 3.93. The van der Waals surface area contributed by atoms with Gasteiger partial charge in [-0.3, -0.25) is 14.1 Å². The SMILES string of the molecule is Cc1nc2ncccn2c1C(=O)N1CCCC[C@H]1CN1CCOCC1. The number of amides is 1. The second kappa shape index (κ2) is 7.09. The largest absolute Gasteiger partial charge is 0.379 e. The number of imidazole rings is 1. The number of piperidine rings is 1. The van der Waals surface area contributed by atoms with Crippen LogP contribution in [0.5, 0.6) is 0 Å².